The summed E-state index contributed by atoms with van der Waals surface area (Å²) < 4.78 is 7.32. The van der Waals surface area contributed by atoms with Gasteiger partial charge in [0.25, 0.3) is 0 Å². The fourth-order valence-electron chi connectivity index (χ4n) is 3.64. The SMILES string of the molecule is O=C(NCc1ccc(N2CCOCC2)nc1)N1CCCC(n2cccn2)C1. The Hall–Kier alpha value is -2.61. The van der Waals surface area contributed by atoms with Gasteiger partial charge in [0.15, 0.2) is 0 Å². The minimum atomic E-state index is -0.0240. The van der Waals surface area contributed by atoms with E-state index in [1.165, 1.54) is 0 Å². The molecule has 0 aliphatic carbocycles. The monoisotopic (exact) mass is 370 g/mol. The first-order valence-corrected chi connectivity index (χ1v) is 9.59. The summed E-state index contributed by atoms with van der Waals surface area (Å²) in [5.41, 5.74) is 1.00. The highest BCUT2D eigenvalue weighted by Gasteiger charge is 2.24. The largest absolute Gasteiger partial charge is 0.378 e. The lowest BCUT2D eigenvalue weighted by atomic mass is 10.1. The molecule has 144 valence electrons. The van der Waals surface area contributed by atoms with Crippen LogP contribution in [-0.4, -0.2) is 65.1 Å². The van der Waals surface area contributed by atoms with Crippen LogP contribution in [0.5, 0.6) is 0 Å². The summed E-state index contributed by atoms with van der Waals surface area (Å²) in [6, 6.07) is 6.20. The van der Waals surface area contributed by atoms with Gasteiger partial charge in [-0.25, -0.2) is 9.78 Å². The lowest BCUT2D eigenvalue weighted by Gasteiger charge is -2.32. The summed E-state index contributed by atoms with van der Waals surface area (Å²) in [7, 11) is 0. The predicted octanol–water partition coefficient (Wildman–Crippen LogP) is 1.66. The summed E-state index contributed by atoms with van der Waals surface area (Å²) in [4.78, 5) is 21.2. The molecule has 2 fully saturated rings. The smallest absolute Gasteiger partial charge is 0.317 e. The number of aromatic nitrogens is 3. The van der Waals surface area contributed by atoms with Crippen LogP contribution in [0.15, 0.2) is 36.8 Å². The first kappa shape index (κ1) is 17.8. The van der Waals surface area contributed by atoms with Gasteiger partial charge in [-0.1, -0.05) is 6.07 Å². The van der Waals surface area contributed by atoms with Crippen molar-refractivity contribution >= 4 is 11.8 Å². The van der Waals surface area contributed by atoms with E-state index < -0.39 is 0 Å². The molecule has 4 rings (SSSR count). The van der Waals surface area contributed by atoms with E-state index in [1.807, 2.05) is 40.2 Å². The number of rotatable bonds is 4. The van der Waals surface area contributed by atoms with Crippen molar-refractivity contribution in [1.29, 1.82) is 0 Å². The van der Waals surface area contributed by atoms with Crippen LogP contribution in [-0.2, 0) is 11.3 Å². The Morgan fingerprint density at radius 3 is 2.89 bits per heavy atom. The van der Waals surface area contributed by atoms with Gasteiger partial charge in [0, 0.05) is 51.3 Å². The second kappa shape index (κ2) is 8.39. The van der Waals surface area contributed by atoms with Gasteiger partial charge in [-0.2, -0.15) is 5.10 Å². The summed E-state index contributed by atoms with van der Waals surface area (Å²) in [6.07, 6.45) is 7.64. The van der Waals surface area contributed by atoms with Gasteiger partial charge in [0.1, 0.15) is 5.82 Å². The van der Waals surface area contributed by atoms with Crippen molar-refractivity contribution in [3.05, 3.63) is 42.4 Å². The van der Waals surface area contributed by atoms with E-state index in [4.69, 9.17) is 4.74 Å². The summed E-state index contributed by atoms with van der Waals surface area (Å²) >= 11 is 0. The molecule has 0 aromatic carbocycles. The zero-order chi connectivity index (χ0) is 18.5. The molecule has 1 unspecified atom stereocenters. The summed E-state index contributed by atoms with van der Waals surface area (Å²) in [6.45, 7) is 5.20. The molecule has 2 aliphatic rings. The van der Waals surface area contributed by atoms with Gasteiger partial charge < -0.3 is 19.9 Å². The molecule has 2 aromatic rings. The molecule has 8 heteroatoms. The van der Waals surface area contributed by atoms with Crippen LogP contribution >= 0.6 is 0 Å². The van der Waals surface area contributed by atoms with E-state index >= 15 is 0 Å². The number of hydrogen-bond donors (Lipinski definition) is 1. The van der Waals surface area contributed by atoms with Gasteiger partial charge >= 0.3 is 6.03 Å². The molecule has 1 atom stereocenters. The van der Waals surface area contributed by atoms with Crippen molar-refractivity contribution < 1.29 is 9.53 Å². The third-order valence-corrected chi connectivity index (χ3v) is 5.17. The van der Waals surface area contributed by atoms with Crippen molar-refractivity contribution in [3.63, 3.8) is 0 Å². The predicted molar refractivity (Wildman–Crippen MR) is 102 cm³/mol. The minimum Gasteiger partial charge on any atom is -0.378 e. The molecule has 0 radical (unpaired) electrons. The first-order valence-electron chi connectivity index (χ1n) is 9.59. The Morgan fingerprint density at radius 1 is 1.26 bits per heavy atom. The van der Waals surface area contributed by atoms with E-state index in [-0.39, 0.29) is 12.1 Å². The average Bonchev–Trinajstić information content (AvgIpc) is 3.28. The maximum Gasteiger partial charge on any atom is 0.317 e. The van der Waals surface area contributed by atoms with Gasteiger partial charge in [-0.15, -0.1) is 0 Å². The van der Waals surface area contributed by atoms with E-state index in [1.54, 1.807) is 6.20 Å². The molecule has 2 aromatic heterocycles. The molecule has 0 spiro atoms. The number of morpholine rings is 1. The van der Waals surface area contributed by atoms with Crippen LogP contribution in [0.4, 0.5) is 10.6 Å². The Balaban J connectivity index is 1.28. The van der Waals surface area contributed by atoms with Crippen LogP contribution in [0, 0.1) is 0 Å². The number of urea groups is 1. The fraction of sp³-hybridized carbons (Fsp3) is 0.526. The molecule has 8 nitrogen and oxygen atoms in total. The summed E-state index contributed by atoms with van der Waals surface area (Å²) in [5.74, 6) is 0.964. The molecule has 2 saturated heterocycles. The number of ether oxygens (including phenoxy) is 1. The molecule has 0 saturated carbocycles. The highest BCUT2D eigenvalue weighted by molar-refractivity contribution is 5.74. The highest BCUT2D eigenvalue weighted by Crippen LogP contribution is 2.20. The Kier molecular flexibility index (Phi) is 5.53. The quantitative estimate of drug-likeness (QED) is 0.886. The third-order valence-electron chi connectivity index (χ3n) is 5.17. The van der Waals surface area contributed by atoms with Crippen LogP contribution in [0.25, 0.3) is 0 Å². The zero-order valence-corrected chi connectivity index (χ0v) is 15.5. The second-order valence-electron chi connectivity index (χ2n) is 7.01. The maximum absolute atomic E-state index is 12.5. The van der Waals surface area contributed by atoms with Crippen molar-refractivity contribution in [2.75, 3.05) is 44.3 Å². The zero-order valence-electron chi connectivity index (χ0n) is 15.5. The highest BCUT2D eigenvalue weighted by atomic mass is 16.5. The number of piperidine rings is 1. The summed E-state index contributed by atoms with van der Waals surface area (Å²) in [5, 5.41) is 7.33. The van der Waals surface area contributed by atoms with Crippen molar-refractivity contribution in [2.45, 2.75) is 25.4 Å². The lowest BCUT2D eigenvalue weighted by Crippen LogP contribution is -2.45. The minimum absolute atomic E-state index is 0.0240. The number of hydrogen-bond acceptors (Lipinski definition) is 5. The van der Waals surface area contributed by atoms with Gasteiger partial charge in [0.05, 0.1) is 19.3 Å². The van der Waals surface area contributed by atoms with E-state index in [2.05, 4.69) is 20.3 Å². The first-order chi connectivity index (χ1) is 13.3. The normalized spacial score (nSPS) is 20.5. The Labute approximate surface area is 159 Å². The van der Waals surface area contributed by atoms with Crippen molar-refractivity contribution in [3.8, 4) is 0 Å². The van der Waals surface area contributed by atoms with Gasteiger partial charge in [-0.05, 0) is 30.5 Å². The number of nitrogens with one attached hydrogen (secondary N) is 1. The molecule has 2 amide bonds. The maximum atomic E-state index is 12.5. The number of anilines is 1. The molecular formula is C19H26N6O2. The number of carbonyl (C=O) groups excluding carboxylic acids is 1. The van der Waals surface area contributed by atoms with E-state index in [9.17, 15) is 4.79 Å². The third kappa shape index (κ3) is 4.39. The number of likely N-dealkylation sites (tertiary alicyclic amines) is 1. The fourth-order valence-corrected chi connectivity index (χ4v) is 3.64. The lowest BCUT2D eigenvalue weighted by molar-refractivity contribution is 0.122. The van der Waals surface area contributed by atoms with Gasteiger partial charge in [0.2, 0.25) is 0 Å². The second-order valence-corrected chi connectivity index (χ2v) is 7.01. The van der Waals surface area contributed by atoms with Crippen LogP contribution in [0.2, 0.25) is 0 Å². The molecule has 0 bridgehead atoms. The van der Waals surface area contributed by atoms with Crippen molar-refractivity contribution in [2.24, 2.45) is 0 Å². The number of pyridine rings is 1. The Bertz CT molecular complexity index is 727. The molecule has 4 heterocycles. The average molecular weight is 370 g/mol. The topological polar surface area (TPSA) is 75.5 Å². The van der Waals surface area contributed by atoms with Crippen LogP contribution in [0.1, 0.15) is 24.4 Å². The van der Waals surface area contributed by atoms with E-state index in [0.717, 1.165) is 57.1 Å². The molecule has 1 N–H and O–H groups in total. The molecular weight excluding hydrogens is 344 g/mol. The van der Waals surface area contributed by atoms with Crippen LogP contribution in [0.3, 0.4) is 0 Å². The van der Waals surface area contributed by atoms with E-state index in [0.29, 0.717) is 13.1 Å². The number of carbonyl (C=O) groups is 1. The Morgan fingerprint density at radius 2 is 2.15 bits per heavy atom. The molecule has 27 heavy (non-hydrogen) atoms. The number of nitrogens with zero attached hydrogens (tertiary/aromatic N) is 5. The van der Waals surface area contributed by atoms with Crippen LogP contribution < -0.4 is 10.2 Å². The van der Waals surface area contributed by atoms with Crippen molar-refractivity contribution in [1.82, 2.24) is 25.0 Å². The molecule has 2 aliphatic heterocycles. The van der Waals surface area contributed by atoms with Gasteiger partial charge in [-0.3, -0.25) is 4.68 Å². The standard InChI is InChI=1S/C19H26N6O2/c26-19(24-7-1-3-17(15-24)25-8-2-6-22-25)21-14-16-4-5-18(20-13-16)23-9-11-27-12-10-23/h2,4-6,8,13,17H,1,3,7,9-12,14-15H2,(H,21,26). The number of amides is 2.